The smallest absolute Gasteiger partial charge is 0.267 e. The molecule has 0 spiro atoms. The highest BCUT2D eigenvalue weighted by atomic mass is 35.5. The number of rotatable bonds is 3. The Morgan fingerprint density at radius 3 is 2.60 bits per heavy atom. The van der Waals surface area contributed by atoms with Crippen LogP contribution in [-0.2, 0) is 12.8 Å². The second kappa shape index (κ2) is 6.51. The van der Waals surface area contributed by atoms with Crippen molar-refractivity contribution in [3.05, 3.63) is 80.8 Å². The fraction of sp³-hybridized carbons (Fsp3) is 0.100. The molecule has 0 saturated carbocycles. The highest BCUT2D eigenvalue weighted by molar-refractivity contribution is 6.42. The zero-order valence-electron chi connectivity index (χ0n) is 13.2. The van der Waals surface area contributed by atoms with Crippen molar-refractivity contribution >= 4 is 46.1 Å². The predicted molar refractivity (Wildman–Crippen MR) is 103 cm³/mol. The van der Waals surface area contributed by atoms with E-state index >= 15 is 0 Å². The molecule has 0 saturated heterocycles. The first-order chi connectivity index (χ1) is 12.1. The Kier molecular flexibility index (Phi) is 4.20. The van der Waals surface area contributed by atoms with Crippen LogP contribution in [0.25, 0.3) is 10.8 Å². The molecular weight excluding hydrogens is 355 g/mol. The van der Waals surface area contributed by atoms with Crippen LogP contribution in [0.4, 0.5) is 0 Å². The number of hydrogen-bond acceptors (Lipinski definition) is 2. The number of nitrogens with one attached hydrogen (secondary N) is 1. The molecule has 0 unspecified atom stereocenters. The van der Waals surface area contributed by atoms with Crippen LogP contribution < -0.4 is 5.43 Å². The Balaban J connectivity index is 1.58. The lowest BCUT2D eigenvalue weighted by Gasteiger charge is -2.05. The third-order valence-electron chi connectivity index (χ3n) is 4.46. The quantitative estimate of drug-likeness (QED) is 0.512. The molecule has 3 nitrogen and oxygen atoms in total. The topological polar surface area (TPSA) is 41.5 Å². The summed E-state index contributed by atoms with van der Waals surface area (Å²) in [7, 11) is 0. The first-order valence-electron chi connectivity index (χ1n) is 7.95. The van der Waals surface area contributed by atoms with Crippen LogP contribution in [-0.4, -0.2) is 12.1 Å². The lowest BCUT2D eigenvalue weighted by Crippen LogP contribution is -2.17. The lowest BCUT2D eigenvalue weighted by molar-refractivity contribution is 0.0955. The van der Waals surface area contributed by atoms with E-state index in [0.29, 0.717) is 15.6 Å². The van der Waals surface area contributed by atoms with Crippen molar-refractivity contribution in [3.63, 3.8) is 0 Å². The fourth-order valence-electron chi connectivity index (χ4n) is 3.24. The summed E-state index contributed by atoms with van der Waals surface area (Å²) in [5, 5.41) is 7.34. The predicted octanol–water partition coefficient (Wildman–Crippen LogP) is 5.01. The van der Waals surface area contributed by atoms with E-state index in [4.69, 9.17) is 23.2 Å². The van der Waals surface area contributed by atoms with Crippen molar-refractivity contribution in [2.75, 3.05) is 0 Å². The van der Waals surface area contributed by atoms with Gasteiger partial charge in [0.05, 0.1) is 16.3 Å². The molecule has 1 N–H and O–H groups in total. The lowest BCUT2D eigenvalue weighted by atomic mass is 10.0. The first kappa shape index (κ1) is 16.1. The number of carbonyl (C=O) groups excluding carboxylic acids is 1. The SMILES string of the molecule is O=C(N/N=C\c1ccc2c3c(cccc13)CC2)c1ccc(Cl)c(Cl)c1. The van der Waals surface area contributed by atoms with E-state index in [1.54, 1.807) is 18.3 Å². The van der Waals surface area contributed by atoms with Crippen molar-refractivity contribution < 1.29 is 4.79 Å². The van der Waals surface area contributed by atoms with Crippen LogP contribution in [0.15, 0.2) is 53.6 Å². The maximum absolute atomic E-state index is 12.2. The van der Waals surface area contributed by atoms with Crippen molar-refractivity contribution in [2.45, 2.75) is 12.8 Å². The number of amides is 1. The molecule has 25 heavy (non-hydrogen) atoms. The van der Waals surface area contributed by atoms with Gasteiger partial charge in [0.2, 0.25) is 0 Å². The number of aryl methyl sites for hydroxylation is 2. The molecular formula is C20H14Cl2N2O. The zero-order chi connectivity index (χ0) is 17.4. The Labute approximate surface area is 155 Å². The maximum Gasteiger partial charge on any atom is 0.271 e. The van der Waals surface area contributed by atoms with E-state index in [1.165, 1.54) is 28.0 Å². The van der Waals surface area contributed by atoms with Crippen LogP contribution in [0.2, 0.25) is 10.0 Å². The van der Waals surface area contributed by atoms with Gasteiger partial charge in [-0.25, -0.2) is 5.43 Å². The summed E-state index contributed by atoms with van der Waals surface area (Å²) >= 11 is 11.8. The van der Waals surface area contributed by atoms with E-state index in [-0.39, 0.29) is 5.91 Å². The van der Waals surface area contributed by atoms with Gasteiger partial charge in [0.15, 0.2) is 0 Å². The Bertz CT molecular complexity index is 1020. The second-order valence-corrected chi connectivity index (χ2v) is 6.80. The summed E-state index contributed by atoms with van der Waals surface area (Å²) in [6.07, 6.45) is 3.85. The molecule has 0 fully saturated rings. The van der Waals surface area contributed by atoms with Gasteiger partial charge in [0.25, 0.3) is 5.91 Å². The normalized spacial score (nSPS) is 12.9. The number of benzene rings is 3. The Morgan fingerprint density at radius 1 is 1.00 bits per heavy atom. The van der Waals surface area contributed by atoms with Crippen LogP contribution >= 0.6 is 23.2 Å². The van der Waals surface area contributed by atoms with Crippen molar-refractivity contribution in [3.8, 4) is 0 Å². The fourth-order valence-corrected chi connectivity index (χ4v) is 3.54. The summed E-state index contributed by atoms with van der Waals surface area (Å²) in [6.45, 7) is 0. The van der Waals surface area contributed by atoms with Crippen molar-refractivity contribution in [1.29, 1.82) is 0 Å². The van der Waals surface area contributed by atoms with E-state index in [0.717, 1.165) is 18.4 Å². The molecule has 0 aliphatic heterocycles. The molecule has 3 aromatic carbocycles. The Morgan fingerprint density at radius 2 is 1.80 bits per heavy atom. The van der Waals surface area contributed by atoms with Gasteiger partial charge in [0.1, 0.15) is 0 Å². The highest BCUT2D eigenvalue weighted by Crippen LogP contribution is 2.32. The van der Waals surface area contributed by atoms with Crippen LogP contribution in [0.3, 0.4) is 0 Å². The van der Waals surface area contributed by atoms with Gasteiger partial charge in [-0.1, -0.05) is 53.5 Å². The van der Waals surface area contributed by atoms with Crippen molar-refractivity contribution in [1.82, 2.24) is 5.43 Å². The summed E-state index contributed by atoms with van der Waals surface area (Å²) in [5.74, 6) is -0.333. The van der Waals surface area contributed by atoms with E-state index < -0.39 is 0 Å². The van der Waals surface area contributed by atoms with E-state index in [1.807, 2.05) is 6.07 Å². The molecule has 0 radical (unpaired) electrons. The van der Waals surface area contributed by atoms with E-state index in [2.05, 4.69) is 34.8 Å². The first-order valence-corrected chi connectivity index (χ1v) is 8.71. The molecule has 4 rings (SSSR count). The number of halogens is 2. The molecule has 1 aliphatic carbocycles. The van der Waals surface area contributed by atoms with Gasteiger partial charge in [0, 0.05) is 11.1 Å². The molecule has 5 heteroatoms. The minimum atomic E-state index is -0.333. The molecule has 1 amide bonds. The molecule has 124 valence electrons. The molecule has 0 heterocycles. The van der Waals surface area contributed by atoms with E-state index in [9.17, 15) is 4.79 Å². The molecule has 0 aromatic heterocycles. The minimum absolute atomic E-state index is 0.333. The molecule has 0 bridgehead atoms. The number of hydrogen-bond donors (Lipinski definition) is 1. The van der Waals surface area contributed by atoms with Gasteiger partial charge in [-0.05, 0) is 52.9 Å². The average molecular weight is 369 g/mol. The molecule has 1 aliphatic rings. The summed E-state index contributed by atoms with van der Waals surface area (Å²) in [4.78, 5) is 12.2. The standard InChI is InChI=1S/C20H14Cl2N2O/c21-17-9-8-14(10-18(17)22)20(25)24-23-11-15-7-6-13-5-4-12-2-1-3-16(15)19(12)13/h1-3,6-11H,4-5H2,(H,24,25)/b23-11-. The Hall–Kier alpha value is -2.36. The van der Waals surface area contributed by atoms with Crippen LogP contribution in [0.1, 0.15) is 27.0 Å². The largest absolute Gasteiger partial charge is 0.271 e. The van der Waals surface area contributed by atoms with Crippen LogP contribution in [0, 0.1) is 0 Å². The van der Waals surface area contributed by atoms with Gasteiger partial charge < -0.3 is 0 Å². The van der Waals surface area contributed by atoms with Gasteiger partial charge in [-0.15, -0.1) is 0 Å². The molecule has 0 atom stereocenters. The number of carbonyl (C=O) groups is 1. The minimum Gasteiger partial charge on any atom is -0.267 e. The maximum atomic E-state index is 12.2. The van der Waals surface area contributed by atoms with Crippen molar-refractivity contribution in [2.24, 2.45) is 5.10 Å². The average Bonchev–Trinajstić information content (AvgIpc) is 3.04. The summed E-state index contributed by atoms with van der Waals surface area (Å²) in [5.41, 5.74) is 6.68. The molecule has 3 aromatic rings. The highest BCUT2D eigenvalue weighted by Gasteiger charge is 2.15. The monoisotopic (exact) mass is 368 g/mol. The summed E-state index contributed by atoms with van der Waals surface area (Å²) in [6, 6.07) is 15.2. The summed E-state index contributed by atoms with van der Waals surface area (Å²) < 4.78 is 0. The third kappa shape index (κ3) is 3.01. The zero-order valence-corrected chi connectivity index (χ0v) is 14.7. The van der Waals surface area contributed by atoms with Crippen LogP contribution in [0.5, 0.6) is 0 Å². The second-order valence-electron chi connectivity index (χ2n) is 5.98. The van der Waals surface area contributed by atoms with Gasteiger partial charge in [-0.3, -0.25) is 4.79 Å². The third-order valence-corrected chi connectivity index (χ3v) is 5.20. The van der Waals surface area contributed by atoms with Gasteiger partial charge in [-0.2, -0.15) is 5.10 Å². The number of nitrogens with zero attached hydrogens (tertiary/aromatic N) is 1. The number of hydrazone groups is 1. The van der Waals surface area contributed by atoms with Gasteiger partial charge >= 0.3 is 0 Å².